The zero-order valence-corrected chi connectivity index (χ0v) is 20.9. The molecular weight excluding hydrogens is 484 g/mol. The van der Waals surface area contributed by atoms with E-state index in [1.807, 2.05) is 43.0 Å². The predicted octanol–water partition coefficient (Wildman–Crippen LogP) is 3.49. The van der Waals surface area contributed by atoms with Crippen molar-refractivity contribution in [3.05, 3.63) is 73.9 Å². The zero-order chi connectivity index (χ0) is 25.4. The fraction of sp³-hybridized carbons (Fsp3) is 0.360. The lowest BCUT2D eigenvalue weighted by molar-refractivity contribution is -0.380. The van der Waals surface area contributed by atoms with Gasteiger partial charge >= 0.3 is 5.00 Å². The van der Waals surface area contributed by atoms with Crippen molar-refractivity contribution >= 4 is 28.0 Å². The summed E-state index contributed by atoms with van der Waals surface area (Å²) in [5.74, 6) is 1.33. The molecule has 0 saturated carbocycles. The van der Waals surface area contributed by atoms with E-state index in [1.54, 1.807) is 4.90 Å². The van der Waals surface area contributed by atoms with Gasteiger partial charge in [-0.1, -0.05) is 17.4 Å². The van der Waals surface area contributed by atoms with Gasteiger partial charge in [0, 0.05) is 55.7 Å². The largest absolute Gasteiger partial charge is 0.454 e. The molecule has 0 spiro atoms. The van der Waals surface area contributed by atoms with Gasteiger partial charge in [0.1, 0.15) is 0 Å². The molecule has 0 atom stereocenters. The first-order valence-electron chi connectivity index (χ1n) is 11.6. The number of Topliss-reactive ketones (excluding diaryl/α,β-unsaturated/α-hetero) is 1. The Balaban J connectivity index is 1.19. The third-order valence-electron chi connectivity index (χ3n) is 6.66. The highest BCUT2D eigenvalue weighted by atomic mass is 32.1. The summed E-state index contributed by atoms with van der Waals surface area (Å²) < 4.78 is 13.0. The number of ketones is 1. The molecular formula is C25H26N4O6S. The van der Waals surface area contributed by atoms with Gasteiger partial charge in [0.15, 0.2) is 17.3 Å². The summed E-state index contributed by atoms with van der Waals surface area (Å²) >= 11 is 0.889. The van der Waals surface area contributed by atoms with Crippen LogP contribution in [0.5, 0.6) is 11.5 Å². The molecule has 10 nitrogen and oxygen atoms in total. The molecule has 1 fully saturated rings. The number of hydrogen-bond acceptors (Lipinski definition) is 8. The number of carbonyl (C=O) groups excluding carboxylic acids is 2. The van der Waals surface area contributed by atoms with E-state index in [1.165, 1.54) is 12.1 Å². The first kappa shape index (κ1) is 24.0. The first-order chi connectivity index (χ1) is 17.3. The Hall–Kier alpha value is -3.70. The van der Waals surface area contributed by atoms with Crippen LogP contribution in [0.2, 0.25) is 0 Å². The average molecular weight is 511 g/mol. The summed E-state index contributed by atoms with van der Waals surface area (Å²) in [5.41, 5.74) is 3.70. The van der Waals surface area contributed by atoms with Crippen molar-refractivity contribution in [2.24, 2.45) is 0 Å². The predicted molar refractivity (Wildman–Crippen MR) is 133 cm³/mol. The summed E-state index contributed by atoms with van der Waals surface area (Å²) in [6.45, 7) is 7.19. The van der Waals surface area contributed by atoms with Crippen LogP contribution in [0.4, 0.5) is 5.00 Å². The topological polar surface area (TPSA) is 107 Å². The van der Waals surface area contributed by atoms with Crippen molar-refractivity contribution in [3.63, 3.8) is 0 Å². The minimum absolute atomic E-state index is 0.0429. The lowest BCUT2D eigenvalue weighted by Gasteiger charge is -2.34. The molecule has 0 aliphatic carbocycles. The van der Waals surface area contributed by atoms with Crippen LogP contribution in [-0.2, 0) is 6.54 Å². The second-order valence-corrected chi connectivity index (χ2v) is 10.0. The molecule has 0 radical (unpaired) electrons. The van der Waals surface area contributed by atoms with Gasteiger partial charge in [0.2, 0.25) is 6.79 Å². The summed E-state index contributed by atoms with van der Waals surface area (Å²) in [6.07, 6.45) is 0. The van der Waals surface area contributed by atoms with Gasteiger partial charge in [-0.3, -0.25) is 24.6 Å². The van der Waals surface area contributed by atoms with E-state index in [-0.39, 0.29) is 30.0 Å². The van der Waals surface area contributed by atoms with Crippen LogP contribution in [0.1, 0.15) is 37.0 Å². The molecule has 11 heteroatoms. The zero-order valence-electron chi connectivity index (χ0n) is 20.1. The van der Waals surface area contributed by atoms with E-state index >= 15 is 0 Å². The van der Waals surface area contributed by atoms with Gasteiger partial charge in [0.25, 0.3) is 5.91 Å². The fourth-order valence-electron chi connectivity index (χ4n) is 4.64. The fourth-order valence-corrected chi connectivity index (χ4v) is 5.43. The number of thiophene rings is 1. The number of fused-ring (bicyclic) bond motifs is 1. The molecule has 36 heavy (non-hydrogen) atoms. The van der Waals surface area contributed by atoms with E-state index in [0.29, 0.717) is 43.2 Å². The smallest absolute Gasteiger partial charge is 0.324 e. The lowest BCUT2D eigenvalue weighted by Crippen LogP contribution is -2.49. The number of nitro groups is 1. The molecule has 2 aliphatic rings. The minimum Gasteiger partial charge on any atom is -0.454 e. The number of nitrogens with zero attached hydrogens (tertiary/aromatic N) is 4. The molecule has 1 saturated heterocycles. The standard InChI is InChI=1S/C25H26N4O6S/c1-16-11-19(17(2)28(16)13-18-3-4-21-22(12-18)35-15-34-21)20(30)14-26-7-9-27(10-8-26)25(31)23-5-6-24(36-23)29(32)33/h3-6,11-12H,7-10,13-15H2,1-2H3. The molecule has 4 heterocycles. The van der Waals surface area contributed by atoms with Gasteiger partial charge in [-0.05, 0) is 43.7 Å². The van der Waals surface area contributed by atoms with Crippen molar-refractivity contribution < 1.29 is 24.0 Å². The van der Waals surface area contributed by atoms with Crippen molar-refractivity contribution in [2.75, 3.05) is 39.5 Å². The first-order valence-corrected chi connectivity index (χ1v) is 12.5. The number of amides is 1. The quantitative estimate of drug-likeness (QED) is 0.272. The number of aromatic nitrogens is 1. The Morgan fingerprint density at radius 2 is 1.78 bits per heavy atom. The van der Waals surface area contributed by atoms with Crippen molar-refractivity contribution in [3.8, 4) is 11.5 Å². The van der Waals surface area contributed by atoms with E-state index in [0.717, 1.165) is 39.8 Å². The van der Waals surface area contributed by atoms with Crippen LogP contribution in [0.3, 0.4) is 0 Å². The van der Waals surface area contributed by atoms with Gasteiger partial charge in [-0.2, -0.15) is 0 Å². The molecule has 1 aromatic carbocycles. The van der Waals surface area contributed by atoms with E-state index < -0.39 is 4.92 Å². The Morgan fingerprint density at radius 1 is 1.03 bits per heavy atom. The van der Waals surface area contributed by atoms with E-state index in [2.05, 4.69) is 4.57 Å². The maximum Gasteiger partial charge on any atom is 0.324 e. The van der Waals surface area contributed by atoms with Gasteiger partial charge in [0.05, 0.1) is 16.3 Å². The van der Waals surface area contributed by atoms with Crippen LogP contribution >= 0.6 is 11.3 Å². The molecule has 2 aromatic heterocycles. The molecule has 3 aromatic rings. The Labute approximate surface area is 211 Å². The second kappa shape index (κ2) is 9.75. The van der Waals surface area contributed by atoms with Crippen LogP contribution in [0.15, 0.2) is 36.4 Å². The number of benzene rings is 1. The van der Waals surface area contributed by atoms with Gasteiger partial charge < -0.3 is 18.9 Å². The number of ether oxygens (including phenoxy) is 2. The normalized spacial score (nSPS) is 15.3. The summed E-state index contributed by atoms with van der Waals surface area (Å²) in [7, 11) is 0. The van der Waals surface area contributed by atoms with E-state index in [4.69, 9.17) is 9.47 Å². The van der Waals surface area contributed by atoms with Crippen molar-refractivity contribution in [1.29, 1.82) is 0 Å². The number of hydrogen-bond donors (Lipinski definition) is 0. The third-order valence-corrected chi connectivity index (χ3v) is 7.69. The minimum atomic E-state index is -0.489. The number of rotatable bonds is 7. The SMILES string of the molecule is Cc1cc(C(=O)CN2CCN(C(=O)c3ccc([N+](=O)[O-])s3)CC2)c(C)n1Cc1ccc2c(c1)OCO2. The molecule has 0 N–H and O–H groups in total. The van der Waals surface area contributed by atoms with Gasteiger partial charge in [-0.25, -0.2) is 0 Å². The van der Waals surface area contributed by atoms with Crippen LogP contribution in [0, 0.1) is 24.0 Å². The van der Waals surface area contributed by atoms with Crippen LogP contribution in [-0.4, -0.2) is 70.5 Å². The van der Waals surface area contributed by atoms with E-state index in [9.17, 15) is 19.7 Å². The number of aryl methyl sites for hydroxylation is 1. The number of carbonyl (C=O) groups is 2. The van der Waals surface area contributed by atoms with Gasteiger partial charge in [-0.15, -0.1) is 0 Å². The molecule has 188 valence electrons. The summed E-state index contributed by atoms with van der Waals surface area (Å²) in [6, 6.07) is 10.7. The highest BCUT2D eigenvalue weighted by molar-refractivity contribution is 7.17. The monoisotopic (exact) mass is 510 g/mol. The highest BCUT2D eigenvalue weighted by Crippen LogP contribution is 2.33. The third kappa shape index (κ3) is 4.71. The molecule has 0 unspecified atom stereocenters. The molecule has 5 rings (SSSR count). The Kier molecular flexibility index (Phi) is 6.50. The summed E-state index contributed by atoms with van der Waals surface area (Å²) in [4.78, 5) is 40.4. The second-order valence-electron chi connectivity index (χ2n) is 8.95. The number of piperazine rings is 1. The Bertz CT molecular complexity index is 1340. The molecule has 0 bridgehead atoms. The summed E-state index contributed by atoms with van der Waals surface area (Å²) in [5, 5.41) is 10.9. The maximum atomic E-state index is 13.2. The van der Waals surface area contributed by atoms with Crippen molar-refractivity contribution in [2.45, 2.75) is 20.4 Å². The molecule has 1 amide bonds. The Morgan fingerprint density at radius 3 is 2.50 bits per heavy atom. The average Bonchev–Trinajstić information content (AvgIpc) is 3.60. The van der Waals surface area contributed by atoms with Crippen LogP contribution < -0.4 is 9.47 Å². The highest BCUT2D eigenvalue weighted by Gasteiger charge is 2.27. The maximum absolute atomic E-state index is 13.2. The molecule has 2 aliphatic heterocycles. The lowest BCUT2D eigenvalue weighted by atomic mass is 10.1. The van der Waals surface area contributed by atoms with Crippen molar-refractivity contribution in [1.82, 2.24) is 14.4 Å². The van der Waals surface area contributed by atoms with Crippen LogP contribution in [0.25, 0.3) is 0 Å².